The van der Waals surface area contributed by atoms with Gasteiger partial charge in [-0.15, -0.1) is 0 Å². The van der Waals surface area contributed by atoms with Crippen LogP contribution in [0, 0.1) is 5.92 Å². The van der Waals surface area contributed by atoms with Crippen LogP contribution >= 0.6 is 0 Å². The van der Waals surface area contributed by atoms with E-state index in [1.165, 1.54) is 11.2 Å². The molecule has 0 aromatic heterocycles. The van der Waals surface area contributed by atoms with Gasteiger partial charge in [-0.1, -0.05) is 25.1 Å². The third-order valence-corrected chi connectivity index (χ3v) is 8.46. The molecular formula is C25H31N3O4S. The Bertz CT molecular complexity index is 1160. The summed E-state index contributed by atoms with van der Waals surface area (Å²) in [5, 5.41) is 3.00. The highest BCUT2D eigenvalue weighted by atomic mass is 32.2. The van der Waals surface area contributed by atoms with Crippen molar-refractivity contribution in [2.24, 2.45) is 5.92 Å². The minimum atomic E-state index is -3.74. The highest BCUT2D eigenvalue weighted by Gasteiger charge is 2.34. The average molecular weight is 470 g/mol. The molecule has 7 nitrogen and oxygen atoms in total. The van der Waals surface area contributed by atoms with Crippen LogP contribution in [0.5, 0.6) is 0 Å². The average Bonchev–Trinajstić information content (AvgIpc) is 2.83. The van der Waals surface area contributed by atoms with Crippen LogP contribution in [0.25, 0.3) is 0 Å². The van der Waals surface area contributed by atoms with Gasteiger partial charge in [-0.25, -0.2) is 8.42 Å². The normalized spacial score (nSPS) is 19.1. The van der Waals surface area contributed by atoms with Gasteiger partial charge in [0.15, 0.2) is 0 Å². The predicted octanol–water partition coefficient (Wildman–Crippen LogP) is 3.59. The Morgan fingerprint density at radius 1 is 1.09 bits per heavy atom. The van der Waals surface area contributed by atoms with Crippen molar-refractivity contribution >= 4 is 33.2 Å². The first-order valence-electron chi connectivity index (χ1n) is 11.6. The second-order valence-corrected chi connectivity index (χ2v) is 10.7. The fourth-order valence-corrected chi connectivity index (χ4v) is 6.35. The molecular weight excluding hydrogens is 438 g/mol. The van der Waals surface area contributed by atoms with Gasteiger partial charge in [0.25, 0.3) is 0 Å². The van der Waals surface area contributed by atoms with Gasteiger partial charge in [0.05, 0.1) is 10.8 Å². The summed E-state index contributed by atoms with van der Waals surface area (Å²) in [6.07, 6.45) is 3.65. The number of hydrogen-bond donors (Lipinski definition) is 1. The summed E-state index contributed by atoms with van der Waals surface area (Å²) in [7, 11) is -3.74. The van der Waals surface area contributed by atoms with Crippen molar-refractivity contribution in [1.29, 1.82) is 0 Å². The Hall–Kier alpha value is -2.71. The van der Waals surface area contributed by atoms with Crippen molar-refractivity contribution in [2.45, 2.75) is 50.8 Å². The molecule has 0 saturated carbocycles. The van der Waals surface area contributed by atoms with Crippen LogP contribution in [0.1, 0.15) is 44.2 Å². The van der Waals surface area contributed by atoms with Crippen LogP contribution in [-0.2, 0) is 32.5 Å². The van der Waals surface area contributed by atoms with Gasteiger partial charge >= 0.3 is 0 Å². The standard InChI is InChI=1S/C25H31N3O4S/c1-3-19-8-4-5-11-23(19)26-25(30)21-10-6-14-27(17-21)33(31,32)22-12-13-24-20(16-22)9-7-15-28(24)18(2)29/h4-5,8,11-13,16,21H,3,6-7,9-10,14-15,17H2,1-2H3,(H,26,30)/t21-/m1/s1. The van der Waals surface area contributed by atoms with E-state index in [0.717, 1.165) is 41.8 Å². The topological polar surface area (TPSA) is 86.8 Å². The van der Waals surface area contributed by atoms with E-state index in [0.29, 0.717) is 25.9 Å². The highest BCUT2D eigenvalue weighted by molar-refractivity contribution is 7.89. The quantitative estimate of drug-likeness (QED) is 0.725. The van der Waals surface area contributed by atoms with Gasteiger partial charge in [-0.05, 0) is 67.5 Å². The summed E-state index contributed by atoms with van der Waals surface area (Å²) in [4.78, 5) is 26.8. The van der Waals surface area contributed by atoms with Crippen molar-refractivity contribution in [3.63, 3.8) is 0 Å². The number of fused-ring (bicyclic) bond motifs is 1. The van der Waals surface area contributed by atoms with E-state index in [-0.39, 0.29) is 23.3 Å². The van der Waals surface area contributed by atoms with Gasteiger partial charge < -0.3 is 10.2 Å². The first-order chi connectivity index (χ1) is 15.8. The second-order valence-electron chi connectivity index (χ2n) is 8.77. The molecule has 2 aromatic rings. The molecule has 2 aliphatic heterocycles. The lowest BCUT2D eigenvalue weighted by Gasteiger charge is -2.32. The third-order valence-electron chi connectivity index (χ3n) is 6.60. The van der Waals surface area contributed by atoms with Gasteiger partial charge in [0.2, 0.25) is 21.8 Å². The van der Waals surface area contributed by atoms with Gasteiger partial charge in [-0.3, -0.25) is 9.59 Å². The molecule has 2 heterocycles. The van der Waals surface area contributed by atoms with Crippen molar-refractivity contribution in [3.8, 4) is 0 Å². The van der Waals surface area contributed by atoms with E-state index < -0.39 is 15.9 Å². The van der Waals surface area contributed by atoms with E-state index in [9.17, 15) is 18.0 Å². The molecule has 2 aliphatic rings. The second kappa shape index (κ2) is 9.65. The molecule has 8 heteroatoms. The zero-order valence-electron chi connectivity index (χ0n) is 19.2. The van der Waals surface area contributed by atoms with Crippen LogP contribution < -0.4 is 10.2 Å². The van der Waals surface area contributed by atoms with Crippen LogP contribution in [-0.4, -0.2) is 44.2 Å². The zero-order chi connectivity index (χ0) is 23.6. The minimum Gasteiger partial charge on any atom is -0.326 e. The predicted molar refractivity (Wildman–Crippen MR) is 129 cm³/mol. The van der Waals surface area contributed by atoms with Crippen molar-refractivity contribution in [3.05, 3.63) is 53.6 Å². The third kappa shape index (κ3) is 4.82. The summed E-state index contributed by atoms with van der Waals surface area (Å²) in [6.45, 7) is 4.78. The molecule has 2 aromatic carbocycles. The Labute approximate surface area is 195 Å². The number of piperidine rings is 1. The summed E-state index contributed by atoms with van der Waals surface area (Å²) >= 11 is 0. The number of anilines is 2. The number of sulfonamides is 1. The largest absolute Gasteiger partial charge is 0.326 e. The molecule has 176 valence electrons. The molecule has 1 saturated heterocycles. The maximum Gasteiger partial charge on any atom is 0.243 e. The summed E-state index contributed by atoms with van der Waals surface area (Å²) in [6, 6.07) is 12.7. The first kappa shape index (κ1) is 23.4. The molecule has 4 rings (SSSR count). The van der Waals surface area contributed by atoms with Crippen LogP contribution in [0.3, 0.4) is 0 Å². The van der Waals surface area contributed by atoms with Crippen molar-refractivity contribution in [1.82, 2.24) is 4.31 Å². The number of nitrogens with zero attached hydrogens (tertiary/aromatic N) is 2. The fourth-order valence-electron chi connectivity index (χ4n) is 4.77. The van der Waals surface area contributed by atoms with Crippen LogP contribution in [0.4, 0.5) is 11.4 Å². The van der Waals surface area contributed by atoms with E-state index in [4.69, 9.17) is 0 Å². The van der Waals surface area contributed by atoms with E-state index in [1.807, 2.05) is 31.2 Å². The Kier molecular flexibility index (Phi) is 6.86. The fraction of sp³-hybridized carbons (Fsp3) is 0.440. The monoisotopic (exact) mass is 469 g/mol. The molecule has 1 atom stereocenters. The molecule has 0 unspecified atom stereocenters. The number of aryl methyl sites for hydroxylation is 2. The molecule has 0 bridgehead atoms. The van der Waals surface area contributed by atoms with E-state index >= 15 is 0 Å². The van der Waals surface area contributed by atoms with Gasteiger partial charge in [0.1, 0.15) is 0 Å². The Morgan fingerprint density at radius 3 is 2.64 bits per heavy atom. The maximum atomic E-state index is 13.4. The lowest BCUT2D eigenvalue weighted by atomic mass is 9.98. The number of nitrogens with one attached hydrogen (secondary N) is 1. The number of benzene rings is 2. The summed E-state index contributed by atoms with van der Waals surface area (Å²) < 4.78 is 28.3. The van der Waals surface area contributed by atoms with Gasteiger partial charge in [0, 0.05) is 37.9 Å². The van der Waals surface area contributed by atoms with Crippen LogP contribution in [0.15, 0.2) is 47.4 Å². The molecule has 2 amide bonds. The zero-order valence-corrected chi connectivity index (χ0v) is 20.0. The minimum absolute atomic E-state index is 0.0407. The van der Waals surface area contributed by atoms with Crippen molar-refractivity contribution < 1.29 is 18.0 Å². The lowest BCUT2D eigenvalue weighted by Crippen LogP contribution is -2.43. The SMILES string of the molecule is CCc1ccccc1NC(=O)[C@@H]1CCCN(S(=O)(=O)c2ccc3c(c2)CCCN3C(C)=O)C1. The molecule has 33 heavy (non-hydrogen) atoms. The molecule has 0 radical (unpaired) electrons. The summed E-state index contributed by atoms with van der Waals surface area (Å²) in [5.74, 6) is -0.580. The number of amides is 2. The first-order valence-corrected chi connectivity index (χ1v) is 13.0. The molecule has 0 spiro atoms. The maximum absolute atomic E-state index is 13.4. The molecule has 0 aliphatic carbocycles. The Balaban J connectivity index is 1.52. The number of hydrogen-bond acceptors (Lipinski definition) is 4. The Morgan fingerprint density at radius 2 is 1.88 bits per heavy atom. The highest BCUT2D eigenvalue weighted by Crippen LogP contribution is 2.32. The molecule has 1 N–H and O–H groups in total. The smallest absolute Gasteiger partial charge is 0.243 e. The van der Waals surface area contributed by atoms with Crippen LogP contribution in [0.2, 0.25) is 0 Å². The molecule has 1 fully saturated rings. The number of carbonyl (C=O) groups excluding carboxylic acids is 2. The number of para-hydroxylation sites is 1. The lowest BCUT2D eigenvalue weighted by molar-refractivity contribution is -0.121. The number of rotatable bonds is 5. The van der Waals surface area contributed by atoms with E-state index in [2.05, 4.69) is 5.32 Å². The van der Waals surface area contributed by atoms with E-state index in [1.54, 1.807) is 23.1 Å². The van der Waals surface area contributed by atoms with Gasteiger partial charge in [-0.2, -0.15) is 4.31 Å². The van der Waals surface area contributed by atoms with Crippen molar-refractivity contribution in [2.75, 3.05) is 29.9 Å². The summed E-state index contributed by atoms with van der Waals surface area (Å²) in [5.41, 5.74) is 3.51. The number of carbonyl (C=O) groups is 2.